The van der Waals surface area contributed by atoms with Gasteiger partial charge in [-0.2, -0.15) is 5.10 Å². The maximum absolute atomic E-state index is 4.69. The molecule has 0 spiro atoms. The summed E-state index contributed by atoms with van der Waals surface area (Å²) in [7, 11) is 0. The van der Waals surface area contributed by atoms with Gasteiger partial charge in [0.1, 0.15) is 15.7 Å². The highest BCUT2D eigenvalue weighted by Gasteiger charge is 2.21. The fourth-order valence-corrected chi connectivity index (χ4v) is 4.27. The molecule has 132 valence electrons. The first-order valence-corrected chi connectivity index (χ1v) is 9.83. The molecule has 0 unspecified atom stereocenters. The molecule has 0 aromatic carbocycles. The molecule has 0 atom stereocenters. The van der Waals surface area contributed by atoms with Gasteiger partial charge in [-0.05, 0) is 25.1 Å². The van der Waals surface area contributed by atoms with E-state index in [1.165, 1.54) is 0 Å². The van der Waals surface area contributed by atoms with Gasteiger partial charge in [-0.25, -0.2) is 9.67 Å². The van der Waals surface area contributed by atoms with E-state index in [0.717, 1.165) is 37.0 Å². The van der Waals surface area contributed by atoms with Gasteiger partial charge in [0.25, 0.3) is 0 Å². The molecule has 26 heavy (non-hydrogen) atoms. The van der Waals surface area contributed by atoms with Crippen molar-refractivity contribution in [3.05, 3.63) is 47.5 Å². The molecule has 0 aliphatic heterocycles. The van der Waals surface area contributed by atoms with Gasteiger partial charge in [-0.1, -0.05) is 32.1 Å². The zero-order valence-corrected chi connectivity index (χ0v) is 16.6. The zero-order chi connectivity index (χ0) is 18.3. The van der Waals surface area contributed by atoms with Crippen LogP contribution < -0.4 is 0 Å². The lowest BCUT2D eigenvalue weighted by molar-refractivity contribution is 0.578. The van der Waals surface area contributed by atoms with Crippen LogP contribution in [0.1, 0.15) is 31.5 Å². The lowest BCUT2D eigenvalue weighted by Gasteiger charge is -2.12. The van der Waals surface area contributed by atoms with Crippen molar-refractivity contribution in [2.75, 3.05) is 0 Å². The Morgan fingerprint density at radius 3 is 2.62 bits per heavy atom. The Kier molecular flexibility index (Phi) is 4.16. The van der Waals surface area contributed by atoms with Crippen molar-refractivity contribution < 1.29 is 0 Å². The highest BCUT2D eigenvalue weighted by Crippen LogP contribution is 2.34. The van der Waals surface area contributed by atoms with Crippen LogP contribution in [0.4, 0.5) is 0 Å². The van der Waals surface area contributed by atoms with E-state index in [1.54, 1.807) is 33.6 Å². The third-order valence-corrected chi connectivity index (χ3v) is 6.35. The maximum Gasteiger partial charge on any atom is 0.232 e. The number of thiazole rings is 1. The minimum atomic E-state index is -0.0151. The average molecular weight is 383 g/mol. The quantitative estimate of drug-likeness (QED) is 0.521. The van der Waals surface area contributed by atoms with E-state index in [-0.39, 0.29) is 5.41 Å². The third-order valence-electron chi connectivity index (χ3n) is 3.78. The van der Waals surface area contributed by atoms with Crippen molar-refractivity contribution in [1.29, 1.82) is 0 Å². The second-order valence-electron chi connectivity index (χ2n) is 6.96. The normalized spacial score (nSPS) is 11.8. The molecule has 4 heterocycles. The molecule has 0 aliphatic carbocycles. The van der Waals surface area contributed by atoms with Crippen molar-refractivity contribution >= 4 is 22.7 Å². The van der Waals surface area contributed by atoms with Crippen LogP contribution in [-0.2, 0) is 5.41 Å². The van der Waals surface area contributed by atoms with E-state index < -0.39 is 0 Å². The lowest BCUT2D eigenvalue weighted by atomic mass is 9.98. The number of pyridine rings is 1. The van der Waals surface area contributed by atoms with Crippen molar-refractivity contribution in [3.63, 3.8) is 0 Å². The van der Waals surface area contributed by atoms with Gasteiger partial charge < -0.3 is 0 Å². The number of aryl methyl sites for hydroxylation is 1. The second-order valence-corrected chi connectivity index (χ2v) is 8.92. The smallest absolute Gasteiger partial charge is 0.232 e. The summed E-state index contributed by atoms with van der Waals surface area (Å²) in [5.41, 5.74) is 2.86. The monoisotopic (exact) mass is 382 g/mol. The van der Waals surface area contributed by atoms with Crippen LogP contribution in [0, 0.1) is 6.92 Å². The summed E-state index contributed by atoms with van der Waals surface area (Å²) >= 11 is 3.19. The first-order valence-electron chi connectivity index (χ1n) is 8.20. The Morgan fingerprint density at radius 1 is 1.08 bits per heavy atom. The predicted octanol–water partition coefficient (Wildman–Crippen LogP) is 4.52. The van der Waals surface area contributed by atoms with E-state index in [2.05, 4.69) is 40.9 Å². The van der Waals surface area contributed by atoms with Crippen molar-refractivity contribution in [2.24, 2.45) is 0 Å². The second kappa shape index (κ2) is 6.37. The molecule has 4 aromatic rings. The first kappa shape index (κ1) is 17.0. The molecule has 0 saturated heterocycles. The summed E-state index contributed by atoms with van der Waals surface area (Å²) in [6.45, 7) is 8.40. The lowest BCUT2D eigenvalue weighted by Crippen LogP contribution is -2.10. The van der Waals surface area contributed by atoms with Crippen molar-refractivity contribution in [2.45, 2.75) is 33.1 Å². The van der Waals surface area contributed by atoms with Gasteiger partial charge >= 0.3 is 0 Å². The fraction of sp³-hybridized carbons (Fsp3) is 0.278. The van der Waals surface area contributed by atoms with Crippen LogP contribution in [0.15, 0.2) is 36.8 Å². The van der Waals surface area contributed by atoms with Gasteiger partial charge in [0.15, 0.2) is 0 Å². The molecule has 8 heteroatoms. The molecular weight excluding hydrogens is 364 g/mol. The van der Waals surface area contributed by atoms with Gasteiger partial charge in [-0.3, -0.25) is 4.98 Å². The summed E-state index contributed by atoms with van der Waals surface area (Å²) in [6.07, 6.45) is 5.52. The van der Waals surface area contributed by atoms with Crippen LogP contribution in [0.5, 0.6) is 0 Å². The van der Waals surface area contributed by atoms with Gasteiger partial charge in [-0.15, -0.1) is 21.5 Å². The van der Waals surface area contributed by atoms with Gasteiger partial charge in [0, 0.05) is 29.6 Å². The Hall–Kier alpha value is -2.45. The summed E-state index contributed by atoms with van der Waals surface area (Å²) in [6, 6.07) is 5.93. The number of nitrogens with zero attached hydrogens (tertiary/aromatic N) is 6. The molecule has 0 saturated carbocycles. The van der Waals surface area contributed by atoms with E-state index in [0.29, 0.717) is 0 Å². The van der Waals surface area contributed by atoms with Crippen LogP contribution in [0.3, 0.4) is 0 Å². The molecule has 0 aliphatic rings. The highest BCUT2D eigenvalue weighted by atomic mass is 32.1. The van der Waals surface area contributed by atoms with Gasteiger partial charge in [0.05, 0.1) is 10.6 Å². The Labute approximate surface area is 159 Å². The maximum atomic E-state index is 4.69. The topological polar surface area (TPSA) is 69.4 Å². The summed E-state index contributed by atoms with van der Waals surface area (Å²) in [4.78, 5) is 9.91. The van der Waals surface area contributed by atoms with Gasteiger partial charge in [0.2, 0.25) is 5.13 Å². The third kappa shape index (κ3) is 3.17. The molecule has 6 nitrogen and oxygen atoms in total. The van der Waals surface area contributed by atoms with E-state index >= 15 is 0 Å². The molecule has 4 aromatic heterocycles. The minimum absolute atomic E-state index is 0.0151. The van der Waals surface area contributed by atoms with Crippen molar-refractivity contribution in [1.82, 2.24) is 29.9 Å². The molecular formula is C18H18N6S2. The van der Waals surface area contributed by atoms with E-state index in [1.807, 2.05) is 37.5 Å². The average Bonchev–Trinajstić information content (AvgIpc) is 3.33. The molecule has 0 bridgehead atoms. The molecule has 0 radical (unpaired) electrons. The zero-order valence-electron chi connectivity index (χ0n) is 15.0. The van der Waals surface area contributed by atoms with Crippen LogP contribution in [0.2, 0.25) is 0 Å². The standard InChI is InChI=1S/C18H18N6S2/c1-11-14(25-15(20-11)12-6-5-8-19-10-12)13-7-9-24(23-13)17-22-21-16(26-17)18(2,3)4/h5-10H,1-4H3. The summed E-state index contributed by atoms with van der Waals surface area (Å²) in [5.74, 6) is 0. The van der Waals surface area contributed by atoms with E-state index in [9.17, 15) is 0 Å². The van der Waals surface area contributed by atoms with Crippen LogP contribution in [-0.4, -0.2) is 29.9 Å². The molecule has 0 fully saturated rings. The summed E-state index contributed by atoms with van der Waals surface area (Å²) < 4.78 is 1.78. The largest absolute Gasteiger partial charge is 0.264 e. The first-order chi connectivity index (χ1) is 12.4. The minimum Gasteiger partial charge on any atom is -0.264 e. The fourth-order valence-electron chi connectivity index (χ4n) is 2.41. The number of aromatic nitrogens is 6. The highest BCUT2D eigenvalue weighted by molar-refractivity contribution is 7.18. The Balaban J connectivity index is 1.67. The van der Waals surface area contributed by atoms with Crippen LogP contribution >= 0.6 is 22.7 Å². The molecule has 0 N–H and O–H groups in total. The Bertz CT molecular complexity index is 1040. The van der Waals surface area contributed by atoms with E-state index in [4.69, 9.17) is 5.10 Å². The number of rotatable bonds is 3. The number of hydrogen-bond donors (Lipinski definition) is 0. The molecule has 0 amide bonds. The summed E-state index contributed by atoms with van der Waals surface area (Å²) in [5, 5.41) is 16.0. The Morgan fingerprint density at radius 2 is 1.92 bits per heavy atom. The van der Waals surface area contributed by atoms with Crippen molar-refractivity contribution in [3.8, 4) is 26.3 Å². The molecule has 4 rings (SSSR count). The predicted molar refractivity (Wildman–Crippen MR) is 105 cm³/mol. The van der Waals surface area contributed by atoms with Crippen LogP contribution in [0.25, 0.3) is 26.3 Å². The number of hydrogen-bond acceptors (Lipinski definition) is 7. The SMILES string of the molecule is Cc1nc(-c2cccnc2)sc1-c1ccn(-c2nnc(C(C)(C)C)s2)n1.